The predicted molar refractivity (Wildman–Crippen MR) is 236 cm³/mol. The second kappa shape index (κ2) is 11.8. The molecule has 0 saturated heterocycles. The van der Waals surface area contributed by atoms with Gasteiger partial charge in [-0.15, -0.1) is 11.3 Å². The maximum atomic E-state index is 2.52. The lowest BCUT2D eigenvalue weighted by molar-refractivity contribution is 1.18. The summed E-state index contributed by atoms with van der Waals surface area (Å²) >= 11 is 1.89. The highest BCUT2D eigenvalue weighted by atomic mass is 32.1. The zero-order valence-electron chi connectivity index (χ0n) is 29.8. The van der Waals surface area contributed by atoms with E-state index in [2.05, 4.69) is 203 Å². The van der Waals surface area contributed by atoms with Crippen molar-refractivity contribution < 1.29 is 0 Å². The van der Waals surface area contributed by atoms with Crippen LogP contribution in [0, 0.1) is 0 Å². The summed E-state index contributed by atoms with van der Waals surface area (Å²) in [6, 6.07) is 71.4. The average molecular weight is 717 g/mol. The molecule has 0 bridgehead atoms. The highest BCUT2D eigenvalue weighted by Gasteiger charge is 2.20. The van der Waals surface area contributed by atoms with Crippen LogP contribution < -0.4 is 0 Å². The molecule has 3 heterocycles. The van der Waals surface area contributed by atoms with Gasteiger partial charge in [0.1, 0.15) is 0 Å². The van der Waals surface area contributed by atoms with Crippen LogP contribution in [0.2, 0.25) is 0 Å². The van der Waals surface area contributed by atoms with Gasteiger partial charge in [0.05, 0.1) is 32.5 Å². The van der Waals surface area contributed by atoms with Gasteiger partial charge in [-0.3, -0.25) is 0 Å². The molecule has 55 heavy (non-hydrogen) atoms. The van der Waals surface area contributed by atoms with Crippen LogP contribution in [0.1, 0.15) is 0 Å². The molecule has 0 saturated carbocycles. The van der Waals surface area contributed by atoms with Crippen molar-refractivity contribution in [3.05, 3.63) is 194 Å². The van der Waals surface area contributed by atoms with Crippen LogP contribution in [0.5, 0.6) is 0 Å². The minimum atomic E-state index is 1.16. The number of thiophene rings is 1. The Morgan fingerprint density at radius 2 is 0.945 bits per heavy atom. The molecule has 0 amide bonds. The van der Waals surface area contributed by atoms with Gasteiger partial charge < -0.3 is 9.13 Å². The van der Waals surface area contributed by atoms with Crippen LogP contribution in [-0.2, 0) is 0 Å². The van der Waals surface area contributed by atoms with Crippen molar-refractivity contribution in [3.63, 3.8) is 0 Å². The fraction of sp³-hybridized carbons (Fsp3) is 0. The molecule has 0 unspecified atom stereocenters. The van der Waals surface area contributed by atoms with Crippen LogP contribution in [0.15, 0.2) is 194 Å². The Bertz CT molecular complexity index is 3470. The van der Waals surface area contributed by atoms with Crippen molar-refractivity contribution in [2.75, 3.05) is 0 Å². The molecule has 3 aromatic heterocycles. The molecule has 0 spiro atoms. The zero-order valence-corrected chi connectivity index (χ0v) is 30.6. The molecule has 0 fully saturated rings. The SMILES string of the molecule is c1ccc(-c2ccc3c4cc(-c5ccc6c(c5)c5ccc7ccccc7c5n6-c5cccc6c5sc5ccccc56)ccc4n(-c4ccccc4)c3c2)cc1. The molecular formula is C52H32N2S. The third kappa shape index (κ3) is 4.54. The van der Waals surface area contributed by atoms with E-state index in [1.54, 1.807) is 0 Å². The largest absolute Gasteiger partial charge is 0.309 e. The van der Waals surface area contributed by atoms with E-state index < -0.39 is 0 Å². The third-order valence-corrected chi connectivity index (χ3v) is 12.7. The van der Waals surface area contributed by atoms with Crippen LogP contribution in [0.3, 0.4) is 0 Å². The summed E-state index contributed by atoms with van der Waals surface area (Å²) in [6.45, 7) is 0. The Labute approximate surface area is 321 Å². The second-order valence-electron chi connectivity index (χ2n) is 14.5. The Kier molecular flexibility index (Phi) is 6.54. The minimum absolute atomic E-state index is 1.16. The highest BCUT2D eigenvalue weighted by molar-refractivity contribution is 7.26. The summed E-state index contributed by atoms with van der Waals surface area (Å²) in [7, 11) is 0. The number of nitrogens with zero attached hydrogens (tertiary/aromatic N) is 2. The van der Waals surface area contributed by atoms with Gasteiger partial charge in [-0.1, -0.05) is 140 Å². The average Bonchev–Trinajstić information content (AvgIpc) is 3.91. The smallest absolute Gasteiger partial charge is 0.0641 e. The maximum absolute atomic E-state index is 2.52. The molecule has 12 aromatic rings. The number of aromatic nitrogens is 2. The van der Waals surface area contributed by atoms with Gasteiger partial charge in [0.25, 0.3) is 0 Å². The van der Waals surface area contributed by atoms with Gasteiger partial charge in [0, 0.05) is 48.1 Å². The molecule has 0 radical (unpaired) electrons. The Morgan fingerprint density at radius 3 is 1.76 bits per heavy atom. The number of fused-ring (bicyclic) bond motifs is 11. The normalized spacial score (nSPS) is 12.0. The van der Waals surface area contributed by atoms with E-state index in [1.165, 1.54) is 102 Å². The molecule has 0 N–H and O–H groups in total. The Morgan fingerprint density at radius 1 is 0.327 bits per heavy atom. The number of rotatable bonds is 4. The number of para-hydroxylation sites is 1. The van der Waals surface area contributed by atoms with Gasteiger partial charge in [-0.2, -0.15) is 0 Å². The topological polar surface area (TPSA) is 9.86 Å². The van der Waals surface area contributed by atoms with Gasteiger partial charge in [0.15, 0.2) is 0 Å². The van der Waals surface area contributed by atoms with E-state index in [0.29, 0.717) is 0 Å². The number of hydrogen-bond acceptors (Lipinski definition) is 1. The Hall–Kier alpha value is -6.94. The number of benzene rings is 9. The first kappa shape index (κ1) is 30.5. The van der Waals surface area contributed by atoms with Gasteiger partial charge in [-0.05, 0) is 82.2 Å². The van der Waals surface area contributed by atoms with Crippen molar-refractivity contribution in [1.29, 1.82) is 0 Å². The van der Waals surface area contributed by atoms with Crippen molar-refractivity contribution in [3.8, 4) is 33.6 Å². The van der Waals surface area contributed by atoms with Crippen molar-refractivity contribution in [2.24, 2.45) is 0 Å². The van der Waals surface area contributed by atoms with Crippen LogP contribution in [0.25, 0.3) is 108 Å². The quantitative estimate of drug-likeness (QED) is 0.172. The standard InChI is InChI=1S/C52H32N2S/c1-3-12-33(13-4-1)37-23-26-40-44-30-35(24-28-46(44)53(49(40)32-37)38-15-5-2-6-16-38)36-25-29-47-45(31-36)42-27-22-34-14-7-8-17-39(34)51(42)54(47)48-20-11-19-43-41-18-9-10-21-50(41)55-52(43)48/h1-32H. The van der Waals surface area contributed by atoms with E-state index in [1.807, 2.05) is 11.3 Å². The van der Waals surface area contributed by atoms with Crippen LogP contribution in [-0.4, -0.2) is 9.13 Å². The van der Waals surface area contributed by atoms with Crippen molar-refractivity contribution >= 4 is 85.9 Å². The lowest BCUT2D eigenvalue weighted by atomic mass is 9.99. The van der Waals surface area contributed by atoms with E-state index >= 15 is 0 Å². The highest BCUT2D eigenvalue weighted by Crippen LogP contribution is 2.44. The molecule has 3 heteroatoms. The molecule has 0 atom stereocenters. The molecule has 256 valence electrons. The summed E-state index contributed by atoms with van der Waals surface area (Å²) in [4.78, 5) is 0. The molecule has 2 nitrogen and oxygen atoms in total. The first-order valence-corrected chi connectivity index (χ1v) is 19.7. The molecule has 9 aromatic carbocycles. The fourth-order valence-corrected chi connectivity index (χ4v) is 10.2. The molecule has 0 aliphatic rings. The first-order valence-electron chi connectivity index (χ1n) is 18.8. The van der Waals surface area contributed by atoms with E-state index in [0.717, 1.165) is 5.69 Å². The van der Waals surface area contributed by atoms with E-state index in [4.69, 9.17) is 0 Å². The van der Waals surface area contributed by atoms with Crippen molar-refractivity contribution in [1.82, 2.24) is 9.13 Å². The Balaban J connectivity index is 1.10. The second-order valence-corrected chi connectivity index (χ2v) is 15.6. The summed E-state index contributed by atoms with van der Waals surface area (Å²) in [5.74, 6) is 0. The minimum Gasteiger partial charge on any atom is -0.309 e. The van der Waals surface area contributed by atoms with Gasteiger partial charge >= 0.3 is 0 Å². The maximum Gasteiger partial charge on any atom is 0.0641 e. The summed E-state index contributed by atoms with van der Waals surface area (Å²) in [6.07, 6.45) is 0. The van der Waals surface area contributed by atoms with Crippen molar-refractivity contribution in [2.45, 2.75) is 0 Å². The van der Waals surface area contributed by atoms with Crippen LogP contribution in [0.4, 0.5) is 0 Å². The van der Waals surface area contributed by atoms with E-state index in [9.17, 15) is 0 Å². The lowest BCUT2D eigenvalue weighted by Gasteiger charge is -2.11. The van der Waals surface area contributed by atoms with E-state index in [-0.39, 0.29) is 0 Å². The number of hydrogen-bond donors (Lipinski definition) is 0. The van der Waals surface area contributed by atoms with Crippen LogP contribution >= 0.6 is 11.3 Å². The fourth-order valence-electron chi connectivity index (χ4n) is 8.98. The molecular weight excluding hydrogens is 685 g/mol. The summed E-state index contributed by atoms with van der Waals surface area (Å²) in [5.41, 5.74) is 12.1. The molecule has 12 rings (SSSR count). The predicted octanol–water partition coefficient (Wildman–Crippen LogP) is 14.7. The summed E-state index contributed by atoms with van der Waals surface area (Å²) in [5, 5.41) is 10.2. The molecule has 0 aliphatic carbocycles. The first-order chi connectivity index (χ1) is 27.3. The van der Waals surface area contributed by atoms with Gasteiger partial charge in [-0.25, -0.2) is 0 Å². The monoisotopic (exact) mass is 716 g/mol. The van der Waals surface area contributed by atoms with Gasteiger partial charge in [0.2, 0.25) is 0 Å². The molecule has 0 aliphatic heterocycles. The third-order valence-electron chi connectivity index (χ3n) is 11.5. The summed E-state index contributed by atoms with van der Waals surface area (Å²) < 4.78 is 7.57. The zero-order chi connectivity index (χ0) is 36.0. The lowest BCUT2D eigenvalue weighted by Crippen LogP contribution is -1.95.